The fourth-order valence-electron chi connectivity index (χ4n) is 2.68. The van der Waals surface area contributed by atoms with E-state index in [0.29, 0.717) is 25.6 Å². The Labute approximate surface area is 148 Å². The molecule has 1 fully saturated rings. The van der Waals surface area contributed by atoms with E-state index in [9.17, 15) is 14.4 Å². The van der Waals surface area contributed by atoms with Gasteiger partial charge in [0, 0.05) is 26.1 Å². The van der Waals surface area contributed by atoms with Crippen molar-refractivity contribution in [1.29, 1.82) is 0 Å². The van der Waals surface area contributed by atoms with Crippen molar-refractivity contribution in [2.45, 2.75) is 26.7 Å². The molecule has 1 atom stereocenters. The zero-order valence-electron chi connectivity index (χ0n) is 14.9. The van der Waals surface area contributed by atoms with Crippen LogP contribution in [0.2, 0.25) is 0 Å². The van der Waals surface area contributed by atoms with Gasteiger partial charge in [0.2, 0.25) is 5.91 Å². The lowest BCUT2D eigenvalue weighted by Gasteiger charge is -2.16. The Balaban J connectivity index is 1.73. The molecular weight excluding hydrogens is 320 g/mol. The first-order chi connectivity index (χ1) is 12.0. The van der Waals surface area contributed by atoms with Gasteiger partial charge in [-0.05, 0) is 17.9 Å². The fourth-order valence-corrected chi connectivity index (χ4v) is 2.68. The third-order valence-electron chi connectivity index (χ3n) is 4.11. The van der Waals surface area contributed by atoms with Gasteiger partial charge in [0.25, 0.3) is 5.91 Å². The first-order valence-electron chi connectivity index (χ1n) is 8.70. The van der Waals surface area contributed by atoms with Crippen LogP contribution in [0.5, 0.6) is 0 Å². The first-order valence-corrected chi connectivity index (χ1v) is 8.70. The lowest BCUT2D eigenvalue weighted by Crippen LogP contribution is -2.33. The predicted octanol–water partition coefficient (Wildman–Crippen LogP) is 1.39. The van der Waals surface area contributed by atoms with Crippen molar-refractivity contribution in [2.24, 2.45) is 11.8 Å². The van der Waals surface area contributed by atoms with Crippen molar-refractivity contribution in [3.05, 3.63) is 35.9 Å². The van der Waals surface area contributed by atoms with E-state index in [1.807, 2.05) is 44.2 Å². The summed E-state index contributed by atoms with van der Waals surface area (Å²) in [6.07, 6.45) is 0.910. The number of hydrogen-bond acceptors (Lipinski definition) is 4. The monoisotopic (exact) mass is 346 g/mol. The summed E-state index contributed by atoms with van der Waals surface area (Å²) in [4.78, 5) is 37.4. The summed E-state index contributed by atoms with van der Waals surface area (Å²) in [5.41, 5.74) is 1.16. The standard InChI is InChI=1S/C19H26N2O4/c1-14(2)11-20-17(22)13-25-19(24)16-10-18(23)21(12-16)9-8-15-6-4-3-5-7-15/h3-7,14,16H,8-13H2,1-2H3,(H,20,22)/t16-/m1/s1. The number of rotatable bonds is 8. The molecule has 6 heteroatoms. The topological polar surface area (TPSA) is 75.7 Å². The van der Waals surface area contributed by atoms with E-state index in [-0.39, 0.29) is 24.8 Å². The summed E-state index contributed by atoms with van der Waals surface area (Å²) in [5.74, 6) is -0.976. The largest absolute Gasteiger partial charge is 0.455 e. The molecule has 2 amide bonds. The van der Waals surface area contributed by atoms with Gasteiger partial charge in [-0.15, -0.1) is 0 Å². The third kappa shape index (κ3) is 6.21. The van der Waals surface area contributed by atoms with Gasteiger partial charge in [-0.3, -0.25) is 14.4 Å². The number of likely N-dealkylation sites (tertiary alicyclic amines) is 1. The third-order valence-corrected chi connectivity index (χ3v) is 4.11. The van der Waals surface area contributed by atoms with Crippen LogP contribution in [0.3, 0.4) is 0 Å². The quantitative estimate of drug-likeness (QED) is 0.722. The Kier molecular flexibility index (Phi) is 6.98. The molecule has 136 valence electrons. The Morgan fingerprint density at radius 2 is 2.00 bits per heavy atom. The van der Waals surface area contributed by atoms with Crippen molar-refractivity contribution in [1.82, 2.24) is 10.2 Å². The number of ether oxygens (including phenoxy) is 1. The maximum atomic E-state index is 12.1. The maximum Gasteiger partial charge on any atom is 0.311 e. The van der Waals surface area contributed by atoms with Crippen LogP contribution in [0, 0.1) is 11.8 Å². The Morgan fingerprint density at radius 1 is 1.28 bits per heavy atom. The molecule has 1 heterocycles. The summed E-state index contributed by atoms with van der Waals surface area (Å²) in [6.45, 7) is 5.17. The van der Waals surface area contributed by atoms with Crippen LogP contribution in [0.1, 0.15) is 25.8 Å². The number of nitrogens with one attached hydrogen (secondary N) is 1. The number of esters is 1. The number of carbonyl (C=O) groups excluding carboxylic acids is 3. The number of hydrogen-bond donors (Lipinski definition) is 1. The minimum absolute atomic E-state index is 0.0397. The molecule has 0 aromatic heterocycles. The summed E-state index contributed by atoms with van der Waals surface area (Å²) < 4.78 is 5.05. The van der Waals surface area contributed by atoms with E-state index in [2.05, 4.69) is 5.32 Å². The van der Waals surface area contributed by atoms with Crippen molar-refractivity contribution in [3.8, 4) is 0 Å². The minimum Gasteiger partial charge on any atom is -0.455 e. The van der Waals surface area contributed by atoms with Gasteiger partial charge >= 0.3 is 5.97 Å². The average molecular weight is 346 g/mol. The molecule has 1 N–H and O–H groups in total. The molecule has 0 unspecified atom stereocenters. The summed E-state index contributed by atoms with van der Waals surface area (Å²) >= 11 is 0. The van der Waals surface area contributed by atoms with Gasteiger partial charge < -0.3 is 15.0 Å². The van der Waals surface area contributed by atoms with E-state index in [0.717, 1.165) is 12.0 Å². The van der Waals surface area contributed by atoms with E-state index in [1.54, 1.807) is 4.90 Å². The second-order valence-electron chi connectivity index (χ2n) is 6.78. The molecule has 0 spiro atoms. The first kappa shape index (κ1) is 19.0. The average Bonchev–Trinajstić information content (AvgIpc) is 2.98. The molecule has 0 bridgehead atoms. The van der Waals surface area contributed by atoms with Crippen LogP contribution in [-0.2, 0) is 25.5 Å². The highest BCUT2D eigenvalue weighted by molar-refractivity contribution is 5.88. The van der Waals surface area contributed by atoms with Crippen LogP contribution < -0.4 is 5.32 Å². The van der Waals surface area contributed by atoms with Gasteiger partial charge in [-0.25, -0.2) is 0 Å². The maximum absolute atomic E-state index is 12.1. The number of benzene rings is 1. The molecule has 1 aliphatic heterocycles. The molecule has 0 aliphatic carbocycles. The van der Waals surface area contributed by atoms with Crippen molar-refractivity contribution >= 4 is 17.8 Å². The van der Waals surface area contributed by atoms with E-state index in [1.165, 1.54) is 0 Å². The molecule has 0 saturated carbocycles. The van der Waals surface area contributed by atoms with Gasteiger partial charge in [-0.1, -0.05) is 44.2 Å². The second kappa shape index (κ2) is 9.20. The Hall–Kier alpha value is -2.37. The van der Waals surface area contributed by atoms with E-state index in [4.69, 9.17) is 4.74 Å². The lowest BCUT2D eigenvalue weighted by molar-refractivity contribution is -0.152. The fraction of sp³-hybridized carbons (Fsp3) is 0.526. The predicted molar refractivity (Wildman–Crippen MR) is 93.6 cm³/mol. The number of amides is 2. The SMILES string of the molecule is CC(C)CNC(=O)COC(=O)[C@@H]1CC(=O)N(CCc2ccccc2)C1. The van der Waals surface area contributed by atoms with Gasteiger partial charge in [0.15, 0.2) is 6.61 Å². The van der Waals surface area contributed by atoms with Crippen LogP contribution in [0.15, 0.2) is 30.3 Å². The smallest absolute Gasteiger partial charge is 0.311 e. The molecule has 2 rings (SSSR count). The molecule has 1 saturated heterocycles. The Bertz CT molecular complexity index is 601. The van der Waals surface area contributed by atoms with Crippen LogP contribution in [0.25, 0.3) is 0 Å². The molecule has 1 aromatic carbocycles. The molecular formula is C19H26N2O4. The van der Waals surface area contributed by atoms with Crippen LogP contribution in [0.4, 0.5) is 0 Å². The summed E-state index contributed by atoms with van der Waals surface area (Å²) in [7, 11) is 0. The van der Waals surface area contributed by atoms with Crippen LogP contribution in [-0.4, -0.2) is 48.9 Å². The zero-order valence-corrected chi connectivity index (χ0v) is 14.9. The van der Waals surface area contributed by atoms with Gasteiger partial charge in [0.05, 0.1) is 5.92 Å². The summed E-state index contributed by atoms with van der Waals surface area (Å²) in [6, 6.07) is 9.91. The molecule has 0 radical (unpaired) electrons. The minimum atomic E-state index is -0.485. The highest BCUT2D eigenvalue weighted by Gasteiger charge is 2.35. The summed E-state index contributed by atoms with van der Waals surface area (Å²) in [5, 5.41) is 2.69. The number of nitrogens with zero attached hydrogens (tertiary/aromatic N) is 1. The van der Waals surface area contributed by atoms with Gasteiger partial charge in [-0.2, -0.15) is 0 Å². The Morgan fingerprint density at radius 3 is 2.68 bits per heavy atom. The van der Waals surface area contributed by atoms with E-state index >= 15 is 0 Å². The molecule has 6 nitrogen and oxygen atoms in total. The normalized spacial score (nSPS) is 17.0. The highest BCUT2D eigenvalue weighted by atomic mass is 16.5. The van der Waals surface area contributed by atoms with Gasteiger partial charge in [0.1, 0.15) is 0 Å². The zero-order chi connectivity index (χ0) is 18.2. The second-order valence-corrected chi connectivity index (χ2v) is 6.78. The van der Waals surface area contributed by atoms with Crippen molar-refractivity contribution in [2.75, 3.05) is 26.2 Å². The number of carbonyl (C=O) groups is 3. The molecule has 1 aromatic rings. The lowest BCUT2D eigenvalue weighted by atomic mass is 10.1. The molecule has 25 heavy (non-hydrogen) atoms. The van der Waals surface area contributed by atoms with Crippen LogP contribution >= 0.6 is 0 Å². The van der Waals surface area contributed by atoms with Crippen molar-refractivity contribution < 1.29 is 19.1 Å². The van der Waals surface area contributed by atoms with E-state index < -0.39 is 11.9 Å². The van der Waals surface area contributed by atoms with Crippen molar-refractivity contribution in [3.63, 3.8) is 0 Å². The molecule has 1 aliphatic rings. The highest BCUT2D eigenvalue weighted by Crippen LogP contribution is 2.19.